The Balaban J connectivity index is 1.89. The third-order valence-corrected chi connectivity index (χ3v) is 3.69. The van der Waals surface area contributed by atoms with Crippen LogP contribution in [0.2, 0.25) is 0 Å². The van der Waals surface area contributed by atoms with Crippen LogP contribution >= 0.6 is 0 Å². The van der Waals surface area contributed by atoms with Gasteiger partial charge in [-0.15, -0.1) is 0 Å². The van der Waals surface area contributed by atoms with Crippen LogP contribution in [-0.4, -0.2) is 25.0 Å². The molecule has 24 heavy (non-hydrogen) atoms. The molecule has 0 saturated carbocycles. The van der Waals surface area contributed by atoms with Crippen LogP contribution in [0.3, 0.4) is 0 Å². The van der Waals surface area contributed by atoms with E-state index in [1.165, 1.54) is 13.4 Å². The van der Waals surface area contributed by atoms with Gasteiger partial charge in [-0.1, -0.05) is 0 Å². The molecule has 1 aliphatic heterocycles. The molecule has 0 aliphatic carbocycles. The predicted octanol–water partition coefficient (Wildman–Crippen LogP) is 3.14. The third-order valence-electron chi connectivity index (χ3n) is 3.69. The lowest BCUT2D eigenvalue weighted by atomic mass is 10.1. The van der Waals surface area contributed by atoms with Crippen LogP contribution in [-0.2, 0) is 9.53 Å². The lowest BCUT2D eigenvalue weighted by molar-refractivity contribution is -0.147. The third kappa shape index (κ3) is 2.78. The normalized spacial score (nSPS) is 15.8. The van der Waals surface area contributed by atoms with Crippen LogP contribution in [0, 0.1) is 6.92 Å². The zero-order chi connectivity index (χ0) is 17.3. The van der Waals surface area contributed by atoms with E-state index in [4.69, 9.17) is 13.9 Å². The van der Waals surface area contributed by atoms with Crippen molar-refractivity contribution in [2.75, 3.05) is 7.11 Å². The van der Waals surface area contributed by atoms with Crippen LogP contribution in [0.1, 0.15) is 28.6 Å². The number of Topliss-reactive ketones (excluding diaryl/α,β-unsaturated/α-hetero) is 1. The van der Waals surface area contributed by atoms with Gasteiger partial charge in [0.25, 0.3) is 0 Å². The Bertz CT molecular complexity index is 816. The fraction of sp³-hybridized carbons (Fsp3) is 0.222. The summed E-state index contributed by atoms with van der Waals surface area (Å²) in [5, 5.41) is 0. The summed E-state index contributed by atoms with van der Waals surface area (Å²) in [6, 6.07) is 6.72. The van der Waals surface area contributed by atoms with Gasteiger partial charge in [-0.3, -0.25) is 4.79 Å². The van der Waals surface area contributed by atoms with E-state index in [2.05, 4.69) is 4.74 Å². The Hall–Kier alpha value is -3.02. The number of fused-ring (bicyclic) bond motifs is 1. The van der Waals surface area contributed by atoms with E-state index in [1.54, 1.807) is 44.2 Å². The minimum absolute atomic E-state index is 0.182. The van der Waals surface area contributed by atoms with Gasteiger partial charge in [0.2, 0.25) is 5.78 Å². The molecule has 0 spiro atoms. The van der Waals surface area contributed by atoms with Crippen LogP contribution in [0.25, 0.3) is 6.08 Å². The number of esters is 1. The summed E-state index contributed by atoms with van der Waals surface area (Å²) in [5.41, 5.74) is 1.09. The van der Waals surface area contributed by atoms with Crippen molar-refractivity contribution in [3.8, 4) is 11.5 Å². The Morgan fingerprint density at radius 1 is 1.29 bits per heavy atom. The van der Waals surface area contributed by atoms with Gasteiger partial charge in [0.05, 0.1) is 18.9 Å². The summed E-state index contributed by atoms with van der Waals surface area (Å²) in [4.78, 5) is 23.9. The van der Waals surface area contributed by atoms with Gasteiger partial charge >= 0.3 is 5.97 Å². The van der Waals surface area contributed by atoms with Crippen molar-refractivity contribution in [2.45, 2.75) is 20.0 Å². The SMILES string of the molecule is COC(=O)C(C)Oc1ccc2c(c1C)OC(=Cc1ccco1)C2=O. The second-order valence-electron chi connectivity index (χ2n) is 5.30. The number of ether oxygens (including phenoxy) is 3. The largest absolute Gasteiger partial charge is 0.479 e. The smallest absolute Gasteiger partial charge is 0.346 e. The number of hydrogen-bond donors (Lipinski definition) is 0. The van der Waals surface area contributed by atoms with Crippen LogP contribution in [0.4, 0.5) is 0 Å². The first-order valence-electron chi connectivity index (χ1n) is 7.37. The molecule has 6 nitrogen and oxygen atoms in total. The Labute approximate surface area is 138 Å². The van der Waals surface area contributed by atoms with E-state index < -0.39 is 12.1 Å². The second kappa shape index (κ2) is 6.23. The molecule has 0 bridgehead atoms. The van der Waals surface area contributed by atoms with Crippen LogP contribution < -0.4 is 9.47 Å². The van der Waals surface area contributed by atoms with Gasteiger partial charge in [0.1, 0.15) is 17.3 Å². The zero-order valence-corrected chi connectivity index (χ0v) is 13.5. The number of ketones is 1. The summed E-state index contributed by atoms with van der Waals surface area (Å²) in [5.74, 6) is 0.884. The van der Waals surface area contributed by atoms with E-state index in [-0.39, 0.29) is 11.5 Å². The topological polar surface area (TPSA) is 75.0 Å². The lowest BCUT2D eigenvalue weighted by Gasteiger charge is -2.15. The highest BCUT2D eigenvalue weighted by molar-refractivity contribution is 6.14. The van der Waals surface area contributed by atoms with Gasteiger partial charge in [-0.05, 0) is 38.1 Å². The fourth-order valence-corrected chi connectivity index (χ4v) is 2.40. The first kappa shape index (κ1) is 15.9. The molecule has 1 atom stereocenters. The Kier molecular flexibility index (Phi) is 4.12. The minimum atomic E-state index is -0.762. The monoisotopic (exact) mass is 328 g/mol. The Morgan fingerprint density at radius 2 is 2.08 bits per heavy atom. The molecule has 1 aromatic heterocycles. The van der Waals surface area contributed by atoms with Crippen LogP contribution in [0.5, 0.6) is 11.5 Å². The number of methoxy groups -OCH3 is 1. The summed E-state index contributed by atoms with van der Waals surface area (Å²) in [7, 11) is 1.30. The van der Waals surface area contributed by atoms with E-state index in [0.717, 1.165) is 0 Å². The maximum atomic E-state index is 12.4. The molecule has 2 aromatic rings. The molecule has 0 fully saturated rings. The molecule has 0 radical (unpaired) electrons. The number of furan rings is 1. The zero-order valence-electron chi connectivity index (χ0n) is 13.5. The summed E-state index contributed by atoms with van der Waals surface area (Å²) >= 11 is 0. The molecule has 1 unspecified atom stereocenters. The molecule has 1 aliphatic rings. The minimum Gasteiger partial charge on any atom is -0.479 e. The number of hydrogen-bond acceptors (Lipinski definition) is 6. The quantitative estimate of drug-likeness (QED) is 0.634. The number of carbonyl (C=O) groups excluding carboxylic acids is 2. The summed E-state index contributed by atoms with van der Waals surface area (Å²) < 4.78 is 21.1. The number of allylic oxidation sites excluding steroid dienone is 1. The first-order chi connectivity index (χ1) is 11.5. The molecule has 0 amide bonds. The van der Waals surface area contributed by atoms with E-state index in [0.29, 0.717) is 28.4 Å². The first-order valence-corrected chi connectivity index (χ1v) is 7.37. The highest BCUT2D eigenvalue weighted by atomic mass is 16.6. The van der Waals surface area contributed by atoms with Crippen molar-refractivity contribution < 1.29 is 28.2 Å². The average molecular weight is 328 g/mol. The van der Waals surface area contributed by atoms with E-state index in [1.807, 2.05) is 0 Å². The number of benzene rings is 1. The number of rotatable bonds is 4. The maximum Gasteiger partial charge on any atom is 0.346 e. The number of carbonyl (C=O) groups is 2. The molecular formula is C18H16O6. The molecular weight excluding hydrogens is 312 g/mol. The van der Waals surface area contributed by atoms with Gasteiger partial charge in [-0.25, -0.2) is 4.79 Å². The molecule has 3 rings (SSSR count). The lowest BCUT2D eigenvalue weighted by Crippen LogP contribution is -2.25. The van der Waals surface area contributed by atoms with Crippen molar-refractivity contribution >= 4 is 17.8 Å². The molecule has 124 valence electrons. The van der Waals surface area contributed by atoms with Crippen molar-refractivity contribution in [3.05, 3.63) is 53.2 Å². The van der Waals surface area contributed by atoms with Gasteiger partial charge < -0.3 is 18.6 Å². The van der Waals surface area contributed by atoms with Gasteiger partial charge in [0.15, 0.2) is 11.9 Å². The standard InChI is InChI=1S/C18H16O6/c1-10-14(23-11(2)18(20)21-3)7-6-13-16(19)15(24-17(10)13)9-12-5-4-8-22-12/h4-9,11H,1-3H3. The van der Waals surface area contributed by atoms with Crippen molar-refractivity contribution in [1.29, 1.82) is 0 Å². The molecule has 2 heterocycles. The van der Waals surface area contributed by atoms with Crippen LogP contribution in [0.15, 0.2) is 40.7 Å². The second-order valence-corrected chi connectivity index (χ2v) is 5.30. The summed E-state index contributed by atoms with van der Waals surface area (Å²) in [6.45, 7) is 3.36. The van der Waals surface area contributed by atoms with Gasteiger partial charge in [-0.2, -0.15) is 0 Å². The molecule has 0 saturated heterocycles. The average Bonchev–Trinajstić information content (AvgIpc) is 3.19. The highest BCUT2D eigenvalue weighted by Crippen LogP contribution is 2.39. The predicted molar refractivity (Wildman–Crippen MR) is 84.9 cm³/mol. The van der Waals surface area contributed by atoms with Crippen molar-refractivity contribution in [1.82, 2.24) is 0 Å². The van der Waals surface area contributed by atoms with E-state index >= 15 is 0 Å². The van der Waals surface area contributed by atoms with Crippen molar-refractivity contribution in [2.24, 2.45) is 0 Å². The molecule has 0 N–H and O–H groups in total. The Morgan fingerprint density at radius 3 is 2.75 bits per heavy atom. The van der Waals surface area contributed by atoms with E-state index in [9.17, 15) is 9.59 Å². The van der Waals surface area contributed by atoms with Gasteiger partial charge in [0, 0.05) is 11.6 Å². The summed E-state index contributed by atoms with van der Waals surface area (Å²) in [6.07, 6.45) is 2.30. The highest BCUT2D eigenvalue weighted by Gasteiger charge is 2.31. The maximum absolute atomic E-state index is 12.4. The fourth-order valence-electron chi connectivity index (χ4n) is 2.40. The molecule has 6 heteroatoms. The van der Waals surface area contributed by atoms with Crippen molar-refractivity contribution in [3.63, 3.8) is 0 Å². The molecule has 1 aromatic carbocycles.